The Labute approximate surface area is 112 Å². The Bertz CT molecular complexity index is 429. The Kier molecular flexibility index (Phi) is 4.50. The predicted molar refractivity (Wildman–Crippen MR) is 72.8 cm³/mol. The zero-order chi connectivity index (χ0) is 13.8. The summed E-state index contributed by atoms with van der Waals surface area (Å²) >= 11 is 0. The van der Waals surface area contributed by atoms with Gasteiger partial charge in [-0.05, 0) is 48.9 Å². The largest absolute Gasteiger partial charge is 0.387 e. The number of hydrogen-bond donors (Lipinski definition) is 2. The van der Waals surface area contributed by atoms with Crippen molar-refractivity contribution in [3.05, 3.63) is 39.9 Å². The van der Waals surface area contributed by atoms with Crippen molar-refractivity contribution in [2.75, 3.05) is 13.1 Å². The Morgan fingerprint density at radius 1 is 1.37 bits per heavy atom. The third-order valence-electron chi connectivity index (χ3n) is 3.72. The van der Waals surface area contributed by atoms with Gasteiger partial charge in [0.25, 0.3) is 5.69 Å². The number of nitro benzene ring substituents is 1. The molecular formula is C14H20N2O3. The molecule has 2 rings (SSSR count). The molecule has 0 saturated heterocycles. The van der Waals surface area contributed by atoms with Gasteiger partial charge in [0, 0.05) is 18.7 Å². The SMILES string of the molecule is CC(CNCC(O)c1ccc([N+](=O)[O-])cc1)C1CC1. The lowest BCUT2D eigenvalue weighted by Crippen LogP contribution is -2.27. The van der Waals surface area contributed by atoms with Gasteiger partial charge >= 0.3 is 0 Å². The summed E-state index contributed by atoms with van der Waals surface area (Å²) in [4.78, 5) is 10.1. The first-order valence-corrected chi connectivity index (χ1v) is 6.71. The summed E-state index contributed by atoms with van der Waals surface area (Å²) in [5, 5.41) is 23.8. The first kappa shape index (κ1) is 14.0. The van der Waals surface area contributed by atoms with E-state index < -0.39 is 11.0 Å². The molecule has 0 heterocycles. The summed E-state index contributed by atoms with van der Waals surface area (Å²) in [5.41, 5.74) is 0.753. The van der Waals surface area contributed by atoms with E-state index >= 15 is 0 Å². The number of nitrogens with one attached hydrogen (secondary N) is 1. The van der Waals surface area contributed by atoms with Gasteiger partial charge < -0.3 is 10.4 Å². The molecule has 5 heteroatoms. The Morgan fingerprint density at radius 2 is 2.00 bits per heavy atom. The first-order valence-electron chi connectivity index (χ1n) is 6.71. The van der Waals surface area contributed by atoms with E-state index in [-0.39, 0.29) is 5.69 Å². The van der Waals surface area contributed by atoms with Crippen LogP contribution >= 0.6 is 0 Å². The van der Waals surface area contributed by atoms with Crippen LogP contribution in [0.4, 0.5) is 5.69 Å². The van der Waals surface area contributed by atoms with Crippen molar-refractivity contribution in [2.45, 2.75) is 25.9 Å². The van der Waals surface area contributed by atoms with Gasteiger partial charge in [-0.2, -0.15) is 0 Å². The highest BCUT2D eigenvalue weighted by atomic mass is 16.6. The maximum Gasteiger partial charge on any atom is 0.269 e. The summed E-state index contributed by atoms with van der Waals surface area (Å²) < 4.78 is 0. The van der Waals surface area contributed by atoms with E-state index in [0.717, 1.165) is 12.5 Å². The highest BCUT2D eigenvalue weighted by Crippen LogP contribution is 2.36. The van der Waals surface area contributed by atoms with Crippen LogP contribution < -0.4 is 5.32 Å². The molecule has 1 aromatic carbocycles. The molecule has 0 amide bonds. The molecule has 0 radical (unpaired) electrons. The summed E-state index contributed by atoms with van der Waals surface area (Å²) in [6.45, 7) is 3.62. The van der Waals surface area contributed by atoms with Gasteiger partial charge in [0.15, 0.2) is 0 Å². The number of benzene rings is 1. The van der Waals surface area contributed by atoms with E-state index in [1.54, 1.807) is 12.1 Å². The second kappa shape index (κ2) is 6.12. The number of hydrogen-bond acceptors (Lipinski definition) is 4. The number of aliphatic hydroxyl groups is 1. The monoisotopic (exact) mass is 264 g/mol. The number of nitrogens with zero attached hydrogens (tertiary/aromatic N) is 1. The number of non-ortho nitro benzene ring substituents is 1. The van der Waals surface area contributed by atoms with Crippen molar-refractivity contribution >= 4 is 5.69 Å². The average Bonchev–Trinajstić information content (AvgIpc) is 3.23. The van der Waals surface area contributed by atoms with Gasteiger partial charge in [0.1, 0.15) is 0 Å². The molecule has 1 aromatic rings. The Morgan fingerprint density at radius 3 is 2.53 bits per heavy atom. The van der Waals surface area contributed by atoms with Crippen LogP contribution in [0.25, 0.3) is 0 Å². The fourth-order valence-electron chi connectivity index (χ4n) is 2.22. The molecule has 1 aliphatic rings. The van der Waals surface area contributed by atoms with Gasteiger partial charge in [-0.25, -0.2) is 0 Å². The molecule has 5 nitrogen and oxygen atoms in total. The maximum atomic E-state index is 10.5. The van der Waals surface area contributed by atoms with Gasteiger partial charge in [0.2, 0.25) is 0 Å². The molecule has 0 aliphatic heterocycles. The van der Waals surface area contributed by atoms with Crippen molar-refractivity contribution < 1.29 is 10.0 Å². The van der Waals surface area contributed by atoms with Crippen molar-refractivity contribution in [1.29, 1.82) is 0 Å². The van der Waals surface area contributed by atoms with Crippen LogP contribution in [0.2, 0.25) is 0 Å². The van der Waals surface area contributed by atoms with Crippen LogP contribution in [0.3, 0.4) is 0 Å². The van der Waals surface area contributed by atoms with Crippen LogP contribution in [0.5, 0.6) is 0 Å². The normalized spacial score (nSPS) is 18.0. The van der Waals surface area contributed by atoms with Crippen LogP contribution in [0, 0.1) is 22.0 Å². The number of rotatable bonds is 7. The molecular weight excluding hydrogens is 244 g/mol. The van der Waals surface area contributed by atoms with Crippen molar-refractivity contribution in [3.8, 4) is 0 Å². The van der Waals surface area contributed by atoms with E-state index in [2.05, 4.69) is 12.2 Å². The molecule has 2 N–H and O–H groups in total. The number of nitro groups is 1. The van der Waals surface area contributed by atoms with Crippen LogP contribution in [-0.4, -0.2) is 23.1 Å². The van der Waals surface area contributed by atoms with Crippen LogP contribution in [0.15, 0.2) is 24.3 Å². The molecule has 104 valence electrons. The summed E-state index contributed by atoms with van der Waals surface area (Å²) in [6.07, 6.45) is 2.04. The zero-order valence-corrected chi connectivity index (χ0v) is 11.1. The van der Waals surface area contributed by atoms with Crippen molar-refractivity contribution in [1.82, 2.24) is 5.32 Å². The fourth-order valence-corrected chi connectivity index (χ4v) is 2.22. The minimum absolute atomic E-state index is 0.0475. The molecule has 2 unspecified atom stereocenters. The molecule has 0 bridgehead atoms. The Hall–Kier alpha value is -1.46. The third kappa shape index (κ3) is 4.01. The maximum absolute atomic E-state index is 10.5. The van der Waals surface area contributed by atoms with E-state index in [9.17, 15) is 15.2 Å². The molecule has 0 aromatic heterocycles. The molecule has 0 spiro atoms. The lowest BCUT2D eigenvalue weighted by molar-refractivity contribution is -0.384. The highest BCUT2D eigenvalue weighted by molar-refractivity contribution is 5.33. The van der Waals surface area contributed by atoms with Crippen molar-refractivity contribution in [3.63, 3.8) is 0 Å². The molecule has 2 atom stereocenters. The summed E-state index contributed by atoms with van der Waals surface area (Å²) in [7, 11) is 0. The van der Waals surface area contributed by atoms with Gasteiger partial charge in [-0.1, -0.05) is 6.92 Å². The minimum Gasteiger partial charge on any atom is -0.387 e. The second-order valence-corrected chi connectivity index (χ2v) is 5.34. The smallest absolute Gasteiger partial charge is 0.269 e. The highest BCUT2D eigenvalue weighted by Gasteiger charge is 2.27. The van der Waals surface area contributed by atoms with Gasteiger partial charge in [-0.3, -0.25) is 10.1 Å². The van der Waals surface area contributed by atoms with Crippen LogP contribution in [-0.2, 0) is 0 Å². The molecule has 1 saturated carbocycles. The zero-order valence-electron chi connectivity index (χ0n) is 11.1. The van der Waals surface area contributed by atoms with E-state index in [1.807, 2.05) is 0 Å². The minimum atomic E-state index is -0.618. The van der Waals surface area contributed by atoms with Crippen molar-refractivity contribution in [2.24, 2.45) is 11.8 Å². The summed E-state index contributed by atoms with van der Waals surface area (Å²) in [5.74, 6) is 1.51. The lowest BCUT2D eigenvalue weighted by Gasteiger charge is -2.15. The quantitative estimate of drug-likeness (QED) is 0.585. The lowest BCUT2D eigenvalue weighted by atomic mass is 10.1. The molecule has 19 heavy (non-hydrogen) atoms. The van der Waals surface area contributed by atoms with Crippen LogP contribution in [0.1, 0.15) is 31.4 Å². The number of aliphatic hydroxyl groups excluding tert-OH is 1. The van der Waals surface area contributed by atoms with Gasteiger partial charge in [0.05, 0.1) is 11.0 Å². The molecule has 1 fully saturated rings. The predicted octanol–water partition coefficient (Wildman–Crippen LogP) is 2.26. The standard InChI is InChI=1S/C14H20N2O3/c1-10(11-2-3-11)8-15-9-14(17)12-4-6-13(7-5-12)16(18)19/h4-7,10-11,14-15,17H,2-3,8-9H2,1H3. The molecule has 1 aliphatic carbocycles. The van der Waals surface area contributed by atoms with Gasteiger partial charge in [-0.15, -0.1) is 0 Å². The second-order valence-electron chi connectivity index (χ2n) is 5.34. The average molecular weight is 264 g/mol. The van der Waals surface area contributed by atoms with E-state index in [4.69, 9.17) is 0 Å². The topological polar surface area (TPSA) is 75.4 Å². The van der Waals surface area contributed by atoms with E-state index in [0.29, 0.717) is 18.0 Å². The van der Waals surface area contributed by atoms with E-state index in [1.165, 1.54) is 25.0 Å². The fraction of sp³-hybridized carbons (Fsp3) is 0.571. The summed E-state index contributed by atoms with van der Waals surface area (Å²) in [6, 6.07) is 6.06. The Balaban J connectivity index is 1.78. The third-order valence-corrected chi connectivity index (χ3v) is 3.72. The first-order chi connectivity index (χ1) is 9.08.